The lowest BCUT2D eigenvalue weighted by molar-refractivity contribution is 0.0808. The van der Waals surface area contributed by atoms with E-state index in [4.69, 9.17) is 4.74 Å². The molecule has 1 saturated heterocycles. The van der Waals surface area contributed by atoms with E-state index in [0.29, 0.717) is 0 Å². The summed E-state index contributed by atoms with van der Waals surface area (Å²) < 4.78 is 5.43. The number of likely N-dealkylation sites (tertiary alicyclic amines) is 1. The Morgan fingerprint density at radius 3 is 2.71 bits per heavy atom. The van der Waals surface area contributed by atoms with Crippen LogP contribution in [0.25, 0.3) is 11.0 Å². The number of methoxy groups -OCH3 is 1. The van der Waals surface area contributed by atoms with Crippen molar-refractivity contribution >= 4 is 16.8 Å². The monoisotopic (exact) mass is 377 g/mol. The van der Waals surface area contributed by atoms with Crippen LogP contribution < -0.4 is 4.74 Å². The van der Waals surface area contributed by atoms with Crippen molar-refractivity contribution in [3.8, 4) is 5.75 Å². The third kappa shape index (κ3) is 3.67. The SMILES string of the molecule is COc1c(C)cc(C(=O)[C@@H]2CCCN(Cc3nc4ccccc4[nH]3)C2)cc1C. The summed E-state index contributed by atoms with van der Waals surface area (Å²) in [5.41, 5.74) is 4.88. The normalized spacial score (nSPS) is 17.8. The number of benzene rings is 2. The summed E-state index contributed by atoms with van der Waals surface area (Å²) >= 11 is 0. The number of nitrogens with one attached hydrogen (secondary N) is 1. The predicted molar refractivity (Wildman–Crippen MR) is 111 cm³/mol. The van der Waals surface area contributed by atoms with Crippen LogP contribution in [0, 0.1) is 19.8 Å². The van der Waals surface area contributed by atoms with Gasteiger partial charge in [0, 0.05) is 18.0 Å². The van der Waals surface area contributed by atoms with Crippen LogP contribution in [0.2, 0.25) is 0 Å². The zero-order valence-electron chi connectivity index (χ0n) is 16.8. The van der Waals surface area contributed by atoms with Gasteiger partial charge in [0.2, 0.25) is 0 Å². The number of para-hydroxylation sites is 2. The van der Waals surface area contributed by atoms with E-state index in [1.54, 1.807) is 7.11 Å². The minimum absolute atomic E-state index is 0.0327. The minimum Gasteiger partial charge on any atom is -0.496 e. The molecule has 1 N–H and O–H groups in total. The van der Waals surface area contributed by atoms with Gasteiger partial charge in [0.1, 0.15) is 11.6 Å². The van der Waals surface area contributed by atoms with Crippen molar-refractivity contribution in [2.45, 2.75) is 33.2 Å². The lowest BCUT2D eigenvalue weighted by atomic mass is 9.88. The molecule has 0 radical (unpaired) electrons. The van der Waals surface area contributed by atoms with Gasteiger partial charge in [0.15, 0.2) is 5.78 Å². The Morgan fingerprint density at radius 1 is 1.25 bits per heavy atom. The Labute approximate surface area is 165 Å². The standard InChI is InChI=1S/C23H27N3O2/c1-15-11-18(12-16(2)23(15)28-3)22(27)17-7-6-10-26(13-17)14-21-24-19-8-4-5-9-20(19)25-21/h4-5,8-9,11-12,17H,6-7,10,13-14H2,1-3H3,(H,24,25)/t17-/m1/s1. The molecule has 1 atom stereocenters. The molecular weight excluding hydrogens is 350 g/mol. The molecule has 0 unspecified atom stereocenters. The van der Waals surface area contributed by atoms with Crippen LogP contribution >= 0.6 is 0 Å². The number of aromatic amines is 1. The first-order valence-corrected chi connectivity index (χ1v) is 9.90. The average Bonchev–Trinajstić information content (AvgIpc) is 3.09. The number of nitrogens with zero attached hydrogens (tertiary/aromatic N) is 2. The minimum atomic E-state index is 0.0327. The van der Waals surface area contributed by atoms with Gasteiger partial charge in [0.25, 0.3) is 0 Å². The number of fused-ring (bicyclic) bond motifs is 1. The van der Waals surface area contributed by atoms with Gasteiger partial charge in [-0.2, -0.15) is 0 Å². The molecule has 0 saturated carbocycles. The molecule has 146 valence electrons. The molecule has 0 amide bonds. The van der Waals surface area contributed by atoms with Crippen LogP contribution in [-0.4, -0.2) is 40.9 Å². The Bertz CT molecular complexity index is 952. The van der Waals surface area contributed by atoms with Gasteiger partial charge in [0.05, 0.1) is 24.7 Å². The summed E-state index contributed by atoms with van der Waals surface area (Å²) in [6.45, 7) is 6.52. The van der Waals surface area contributed by atoms with Crippen LogP contribution in [0.4, 0.5) is 0 Å². The van der Waals surface area contributed by atoms with Crippen LogP contribution in [0.5, 0.6) is 5.75 Å². The first-order valence-electron chi connectivity index (χ1n) is 9.90. The lowest BCUT2D eigenvalue weighted by Gasteiger charge is -2.31. The topological polar surface area (TPSA) is 58.2 Å². The van der Waals surface area contributed by atoms with Crippen molar-refractivity contribution in [2.75, 3.05) is 20.2 Å². The van der Waals surface area contributed by atoms with Crippen LogP contribution in [0.3, 0.4) is 0 Å². The van der Waals surface area contributed by atoms with E-state index in [1.165, 1.54) is 0 Å². The van der Waals surface area contributed by atoms with Crippen molar-refractivity contribution in [1.82, 2.24) is 14.9 Å². The maximum atomic E-state index is 13.2. The number of piperidine rings is 1. The van der Waals surface area contributed by atoms with Crippen molar-refractivity contribution < 1.29 is 9.53 Å². The highest BCUT2D eigenvalue weighted by molar-refractivity contribution is 5.98. The number of hydrogen-bond donors (Lipinski definition) is 1. The third-order valence-corrected chi connectivity index (χ3v) is 5.64. The molecule has 28 heavy (non-hydrogen) atoms. The maximum absolute atomic E-state index is 13.2. The average molecular weight is 377 g/mol. The lowest BCUT2D eigenvalue weighted by Crippen LogP contribution is -2.38. The molecule has 5 nitrogen and oxygen atoms in total. The summed E-state index contributed by atoms with van der Waals surface area (Å²) in [6, 6.07) is 12.0. The van der Waals surface area contributed by atoms with Crippen LogP contribution in [0.1, 0.15) is 40.2 Å². The van der Waals surface area contributed by atoms with Gasteiger partial charge in [-0.3, -0.25) is 9.69 Å². The fourth-order valence-electron chi connectivity index (χ4n) is 4.36. The smallest absolute Gasteiger partial charge is 0.167 e. The number of H-pyrrole nitrogens is 1. The molecule has 0 bridgehead atoms. The van der Waals surface area contributed by atoms with E-state index in [0.717, 1.165) is 71.8 Å². The first kappa shape index (κ1) is 18.7. The molecule has 4 rings (SSSR count). The first-order chi connectivity index (χ1) is 13.5. The number of ether oxygens (including phenoxy) is 1. The van der Waals surface area contributed by atoms with E-state index >= 15 is 0 Å². The van der Waals surface area contributed by atoms with Gasteiger partial charge in [-0.05, 0) is 68.6 Å². The van der Waals surface area contributed by atoms with E-state index in [-0.39, 0.29) is 11.7 Å². The predicted octanol–water partition coefficient (Wildman–Crippen LogP) is 4.28. The van der Waals surface area contributed by atoms with Crippen LogP contribution in [-0.2, 0) is 6.54 Å². The Kier molecular flexibility index (Phi) is 5.18. The summed E-state index contributed by atoms with van der Waals surface area (Å²) in [7, 11) is 1.67. The van der Waals surface area contributed by atoms with Gasteiger partial charge >= 0.3 is 0 Å². The fraction of sp³-hybridized carbons (Fsp3) is 0.391. The van der Waals surface area contributed by atoms with Crippen molar-refractivity contribution in [1.29, 1.82) is 0 Å². The number of imidazole rings is 1. The summed E-state index contributed by atoms with van der Waals surface area (Å²) in [5, 5.41) is 0. The van der Waals surface area contributed by atoms with E-state index < -0.39 is 0 Å². The van der Waals surface area contributed by atoms with Gasteiger partial charge in [-0.25, -0.2) is 4.98 Å². The Hall–Kier alpha value is -2.66. The molecule has 2 aromatic carbocycles. The molecule has 1 aliphatic heterocycles. The highest BCUT2D eigenvalue weighted by atomic mass is 16.5. The van der Waals surface area contributed by atoms with Crippen LogP contribution in [0.15, 0.2) is 36.4 Å². The molecule has 5 heteroatoms. The summed E-state index contributed by atoms with van der Waals surface area (Å²) in [6.07, 6.45) is 1.98. The molecular formula is C23H27N3O2. The van der Waals surface area contributed by atoms with Gasteiger partial charge in [-0.1, -0.05) is 12.1 Å². The van der Waals surface area contributed by atoms with Crippen molar-refractivity contribution in [3.63, 3.8) is 0 Å². The molecule has 3 aromatic rings. The van der Waals surface area contributed by atoms with E-state index in [9.17, 15) is 4.79 Å². The Morgan fingerprint density at radius 2 is 2.00 bits per heavy atom. The van der Waals surface area contributed by atoms with Crippen molar-refractivity contribution in [3.05, 3.63) is 58.9 Å². The largest absolute Gasteiger partial charge is 0.496 e. The van der Waals surface area contributed by atoms with Gasteiger partial charge in [-0.15, -0.1) is 0 Å². The number of ketones is 1. The number of rotatable bonds is 5. The van der Waals surface area contributed by atoms with E-state index in [1.807, 2.05) is 50.2 Å². The fourth-order valence-corrected chi connectivity index (χ4v) is 4.36. The van der Waals surface area contributed by atoms with E-state index in [2.05, 4.69) is 14.9 Å². The number of aryl methyl sites for hydroxylation is 2. The Balaban J connectivity index is 1.48. The molecule has 1 aliphatic rings. The molecule has 0 aliphatic carbocycles. The van der Waals surface area contributed by atoms with Gasteiger partial charge < -0.3 is 9.72 Å². The molecule has 1 fully saturated rings. The zero-order valence-corrected chi connectivity index (χ0v) is 16.8. The van der Waals surface area contributed by atoms with Crippen molar-refractivity contribution in [2.24, 2.45) is 5.92 Å². The second-order valence-electron chi connectivity index (χ2n) is 7.78. The molecule has 0 spiro atoms. The number of carbonyl (C=O) groups is 1. The number of Topliss-reactive ketones (excluding diaryl/α,β-unsaturated/α-hetero) is 1. The second kappa shape index (κ2) is 7.76. The number of hydrogen-bond acceptors (Lipinski definition) is 4. The molecule has 1 aromatic heterocycles. The highest BCUT2D eigenvalue weighted by Crippen LogP contribution is 2.28. The highest BCUT2D eigenvalue weighted by Gasteiger charge is 2.27. The number of aromatic nitrogens is 2. The quantitative estimate of drug-likeness (QED) is 0.674. The maximum Gasteiger partial charge on any atom is 0.167 e. The molecule has 2 heterocycles. The zero-order chi connectivity index (χ0) is 19.7. The second-order valence-corrected chi connectivity index (χ2v) is 7.78. The summed E-state index contributed by atoms with van der Waals surface area (Å²) in [5.74, 6) is 2.10. The third-order valence-electron chi connectivity index (χ3n) is 5.64. The number of carbonyl (C=O) groups excluding carboxylic acids is 1. The summed E-state index contributed by atoms with van der Waals surface area (Å²) in [4.78, 5) is 23.6.